The van der Waals surface area contributed by atoms with E-state index in [9.17, 15) is 19.5 Å². The lowest BCUT2D eigenvalue weighted by Crippen LogP contribution is -2.56. The van der Waals surface area contributed by atoms with Crippen LogP contribution in [-0.4, -0.2) is 64.8 Å². The SMILES string of the molecule is CCOC(=O)[C@@H]1[C@@H]2CC[C@]3(O2)[C@H](C(=O)Nc2cc(C)ccc2C)N([C@@H](CO)Cc2ccccc2)C(=O)[C@@H]13. The molecule has 8 heteroatoms. The fraction of sp³-hybridized carbons (Fsp3) is 0.483. The van der Waals surface area contributed by atoms with Crippen molar-refractivity contribution in [3.63, 3.8) is 0 Å². The monoisotopic (exact) mass is 506 g/mol. The van der Waals surface area contributed by atoms with Crippen LogP contribution in [0.3, 0.4) is 0 Å². The van der Waals surface area contributed by atoms with Gasteiger partial charge in [-0.1, -0.05) is 42.5 Å². The number of aryl methyl sites for hydroxylation is 2. The number of amides is 2. The van der Waals surface area contributed by atoms with Gasteiger partial charge in [-0.2, -0.15) is 0 Å². The molecule has 3 heterocycles. The fourth-order valence-electron chi connectivity index (χ4n) is 6.50. The molecule has 196 valence electrons. The fourth-order valence-corrected chi connectivity index (χ4v) is 6.50. The minimum atomic E-state index is -1.15. The van der Waals surface area contributed by atoms with E-state index < -0.39 is 41.6 Å². The van der Waals surface area contributed by atoms with E-state index in [1.807, 2.05) is 62.4 Å². The first-order chi connectivity index (χ1) is 17.8. The normalized spacial score (nSPS) is 28.8. The minimum Gasteiger partial charge on any atom is -0.466 e. The first kappa shape index (κ1) is 25.4. The average molecular weight is 507 g/mol. The number of ether oxygens (including phenoxy) is 2. The van der Waals surface area contributed by atoms with Crippen molar-refractivity contribution in [3.05, 3.63) is 65.2 Å². The second kappa shape index (κ2) is 9.91. The summed E-state index contributed by atoms with van der Waals surface area (Å²) in [6.45, 7) is 5.46. The molecular formula is C29H34N2O6. The number of aliphatic hydroxyl groups is 1. The highest BCUT2D eigenvalue weighted by molar-refractivity contribution is 6.03. The highest BCUT2D eigenvalue weighted by Gasteiger charge is 2.75. The molecule has 1 spiro atoms. The number of rotatable bonds is 8. The summed E-state index contributed by atoms with van der Waals surface area (Å²) in [7, 11) is 0. The van der Waals surface area contributed by atoms with Crippen molar-refractivity contribution >= 4 is 23.5 Å². The number of carbonyl (C=O) groups excluding carboxylic acids is 3. The largest absolute Gasteiger partial charge is 0.466 e. The molecule has 3 fully saturated rings. The molecule has 37 heavy (non-hydrogen) atoms. The lowest BCUT2D eigenvalue weighted by atomic mass is 9.70. The highest BCUT2D eigenvalue weighted by atomic mass is 16.6. The van der Waals surface area contributed by atoms with Crippen molar-refractivity contribution in [2.24, 2.45) is 11.8 Å². The zero-order valence-electron chi connectivity index (χ0n) is 21.5. The predicted octanol–water partition coefficient (Wildman–Crippen LogP) is 2.78. The Morgan fingerprint density at radius 3 is 2.68 bits per heavy atom. The van der Waals surface area contributed by atoms with Crippen LogP contribution in [0.15, 0.2) is 48.5 Å². The van der Waals surface area contributed by atoms with E-state index in [0.717, 1.165) is 16.7 Å². The Morgan fingerprint density at radius 2 is 1.97 bits per heavy atom. The van der Waals surface area contributed by atoms with Crippen LogP contribution >= 0.6 is 0 Å². The molecule has 5 rings (SSSR count). The van der Waals surface area contributed by atoms with Crippen LogP contribution in [-0.2, 0) is 30.3 Å². The van der Waals surface area contributed by atoms with Gasteiger partial charge in [0.15, 0.2) is 0 Å². The number of nitrogens with zero attached hydrogens (tertiary/aromatic N) is 1. The third-order valence-corrected chi connectivity index (χ3v) is 8.11. The van der Waals surface area contributed by atoms with E-state index in [0.29, 0.717) is 24.9 Å². The quantitative estimate of drug-likeness (QED) is 0.534. The van der Waals surface area contributed by atoms with Gasteiger partial charge in [0.1, 0.15) is 11.6 Å². The van der Waals surface area contributed by atoms with Gasteiger partial charge in [-0.05, 0) is 62.8 Å². The number of fused-ring (bicyclic) bond motifs is 1. The van der Waals surface area contributed by atoms with Gasteiger partial charge in [0, 0.05) is 5.69 Å². The highest BCUT2D eigenvalue weighted by Crippen LogP contribution is 2.59. The molecule has 0 aliphatic carbocycles. The molecule has 2 N–H and O–H groups in total. The van der Waals surface area contributed by atoms with E-state index in [2.05, 4.69) is 5.32 Å². The minimum absolute atomic E-state index is 0.198. The lowest BCUT2D eigenvalue weighted by molar-refractivity contribution is -0.155. The van der Waals surface area contributed by atoms with Gasteiger partial charge in [0.25, 0.3) is 0 Å². The van der Waals surface area contributed by atoms with Crippen LogP contribution in [0, 0.1) is 25.7 Å². The molecule has 3 aliphatic rings. The summed E-state index contributed by atoms with van der Waals surface area (Å²) in [6.07, 6.45) is 0.950. The maximum atomic E-state index is 14.1. The Balaban J connectivity index is 1.55. The predicted molar refractivity (Wildman–Crippen MR) is 137 cm³/mol. The first-order valence-corrected chi connectivity index (χ1v) is 13.0. The van der Waals surface area contributed by atoms with Gasteiger partial charge < -0.3 is 24.8 Å². The van der Waals surface area contributed by atoms with Crippen molar-refractivity contribution in [3.8, 4) is 0 Å². The van der Waals surface area contributed by atoms with Crippen molar-refractivity contribution < 1.29 is 29.0 Å². The molecule has 2 aromatic rings. The van der Waals surface area contributed by atoms with Gasteiger partial charge >= 0.3 is 5.97 Å². The number of nitrogens with one attached hydrogen (secondary N) is 1. The summed E-state index contributed by atoms with van der Waals surface area (Å²) >= 11 is 0. The molecule has 0 radical (unpaired) electrons. The van der Waals surface area contributed by atoms with Crippen molar-refractivity contribution in [1.82, 2.24) is 4.90 Å². The third kappa shape index (κ3) is 4.22. The maximum absolute atomic E-state index is 14.1. The van der Waals surface area contributed by atoms with Crippen LogP contribution in [0.4, 0.5) is 5.69 Å². The van der Waals surface area contributed by atoms with Crippen molar-refractivity contribution in [1.29, 1.82) is 0 Å². The summed E-state index contributed by atoms with van der Waals surface area (Å²) in [5, 5.41) is 13.5. The number of carbonyl (C=O) groups is 3. The Morgan fingerprint density at radius 1 is 1.22 bits per heavy atom. The van der Waals surface area contributed by atoms with E-state index in [1.54, 1.807) is 6.92 Å². The van der Waals surface area contributed by atoms with Crippen LogP contribution in [0.2, 0.25) is 0 Å². The topological polar surface area (TPSA) is 105 Å². The molecule has 0 saturated carbocycles. The van der Waals surface area contributed by atoms with Crippen LogP contribution in [0.1, 0.15) is 36.5 Å². The number of benzene rings is 2. The van der Waals surface area contributed by atoms with Crippen LogP contribution in [0.5, 0.6) is 0 Å². The molecule has 0 aromatic heterocycles. The third-order valence-electron chi connectivity index (χ3n) is 8.11. The average Bonchev–Trinajstić information content (AvgIpc) is 3.53. The Kier molecular flexibility index (Phi) is 6.81. The van der Waals surface area contributed by atoms with Crippen LogP contribution < -0.4 is 5.32 Å². The Hall–Kier alpha value is -3.23. The Bertz CT molecular complexity index is 1200. The number of likely N-dealkylation sites (tertiary alicyclic amines) is 1. The van der Waals surface area contributed by atoms with E-state index >= 15 is 0 Å². The van der Waals surface area contributed by atoms with E-state index in [1.165, 1.54) is 4.90 Å². The molecule has 6 atom stereocenters. The molecule has 8 nitrogen and oxygen atoms in total. The standard InChI is InChI=1S/C29H34N2O6/c1-4-36-28(35)23-22-12-13-29(37-22)24(23)27(34)31(20(16-32)15-19-8-6-5-7-9-19)25(29)26(33)30-21-14-17(2)10-11-18(21)3/h5-11,14,20,22-25,32H,4,12-13,15-16H2,1-3H3,(H,30,33)/t20-,22+,23-,24-,25+,29-/m1/s1. The molecule has 0 unspecified atom stereocenters. The maximum Gasteiger partial charge on any atom is 0.312 e. The number of aliphatic hydroxyl groups excluding tert-OH is 1. The Labute approximate surface area is 216 Å². The zero-order chi connectivity index (χ0) is 26.3. The van der Waals surface area contributed by atoms with E-state index in [4.69, 9.17) is 9.47 Å². The van der Waals surface area contributed by atoms with Crippen LogP contribution in [0.25, 0.3) is 0 Å². The summed E-state index contributed by atoms with van der Waals surface area (Å²) in [5.41, 5.74) is 2.34. The molecule has 2 amide bonds. The van der Waals surface area contributed by atoms with Crippen molar-refractivity contribution in [2.45, 2.75) is 63.8 Å². The zero-order valence-corrected chi connectivity index (χ0v) is 21.5. The smallest absolute Gasteiger partial charge is 0.312 e. The summed E-state index contributed by atoms with van der Waals surface area (Å²) in [6, 6.07) is 13.7. The second-order valence-corrected chi connectivity index (χ2v) is 10.4. The van der Waals surface area contributed by atoms with Gasteiger partial charge in [-0.25, -0.2) is 0 Å². The number of hydrogen-bond donors (Lipinski definition) is 2. The molecular weight excluding hydrogens is 472 g/mol. The molecule has 2 aromatic carbocycles. The summed E-state index contributed by atoms with van der Waals surface area (Å²) < 4.78 is 11.8. The first-order valence-electron chi connectivity index (χ1n) is 13.0. The van der Waals surface area contributed by atoms with Gasteiger partial charge in [-0.15, -0.1) is 0 Å². The second-order valence-electron chi connectivity index (χ2n) is 10.4. The van der Waals surface area contributed by atoms with Crippen molar-refractivity contribution in [2.75, 3.05) is 18.5 Å². The molecule has 3 aliphatic heterocycles. The van der Waals surface area contributed by atoms with Gasteiger partial charge in [0.05, 0.1) is 37.2 Å². The lowest BCUT2D eigenvalue weighted by Gasteiger charge is -2.37. The number of hydrogen-bond acceptors (Lipinski definition) is 6. The number of esters is 1. The number of anilines is 1. The van der Waals surface area contributed by atoms with Gasteiger partial charge in [-0.3, -0.25) is 14.4 Å². The summed E-state index contributed by atoms with van der Waals surface area (Å²) in [4.78, 5) is 42.6. The molecule has 3 saturated heterocycles. The van der Waals surface area contributed by atoms with E-state index in [-0.39, 0.29) is 25.0 Å². The van der Waals surface area contributed by atoms with Gasteiger partial charge in [0.2, 0.25) is 11.8 Å². The summed E-state index contributed by atoms with van der Waals surface area (Å²) in [5.74, 6) is -2.77. The molecule has 2 bridgehead atoms.